The second-order valence-corrected chi connectivity index (χ2v) is 5.14. The van der Waals surface area contributed by atoms with Gasteiger partial charge in [-0.3, -0.25) is 4.98 Å². The number of ether oxygens (including phenoxy) is 1. The Morgan fingerprint density at radius 3 is 2.65 bits per heavy atom. The summed E-state index contributed by atoms with van der Waals surface area (Å²) < 4.78 is 5.81. The molecule has 0 fully saturated rings. The first-order valence-electron chi connectivity index (χ1n) is 7.08. The summed E-state index contributed by atoms with van der Waals surface area (Å²) in [6.07, 6.45) is 4.53. The van der Waals surface area contributed by atoms with Crippen molar-refractivity contribution in [1.82, 2.24) is 10.3 Å². The van der Waals surface area contributed by atoms with E-state index in [9.17, 15) is 0 Å². The molecule has 0 aliphatic carbocycles. The van der Waals surface area contributed by atoms with Gasteiger partial charge in [0.2, 0.25) is 0 Å². The molecule has 2 rings (SSSR count). The van der Waals surface area contributed by atoms with Gasteiger partial charge in [0.15, 0.2) is 0 Å². The van der Waals surface area contributed by atoms with Crippen molar-refractivity contribution < 1.29 is 4.74 Å². The Bertz CT molecular complexity index is 511. The summed E-state index contributed by atoms with van der Waals surface area (Å²) in [7, 11) is 0. The first kappa shape index (κ1) is 14.5. The molecule has 3 nitrogen and oxygen atoms in total. The number of aromatic nitrogens is 1. The standard InChI is InChI=1S/C17H22N2O/c1-14(2)19-13-16-4-3-5-17(12-16)20-11-8-15-6-9-18-10-7-15/h3-7,9-10,12,14,19H,8,11,13H2,1-2H3. The maximum absolute atomic E-state index is 5.81. The lowest BCUT2D eigenvalue weighted by Crippen LogP contribution is -2.21. The molecule has 0 aliphatic rings. The van der Waals surface area contributed by atoms with Gasteiger partial charge in [-0.05, 0) is 35.4 Å². The fraction of sp³-hybridized carbons (Fsp3) is 0.353. The van der Waals surface area contributed by atoms with Crippen LogP contribution in [0.1, 0.15) is 25.0 Å². The van der Waals surface area contributed by atoms with Crippen LogP contribution in [-0.4, -0.2) is 17.6 Å². The molecule has 1 heterocycles. The zero-order chi connectivity index (χ0) is 14.2. The molecule has 0 bridgehead atoms. The molecule has 1 N–H and O–H groups in total. The van der Waals surface area contributed by atoms with Crippen molar-refractivity contribution in [2.75, 3.05) is 6.61 Å². The lowest BCUT2D eigenvalue weighted by molar-refractivity contribution is 0.321. The molecule has 0 spiro atoms. The molecule has 106 valence electrons. The highest BCUT2D eigenvalue weighted by Gasteiger charge is 1.99. The van der Waals surface area contributed by atoms with E-state index < -0.39 is 0 Å². The van der Waals surface area contributed by atoms with Crippen LogP contribution in [0.25, 0.3) is 0 Å². The summed E-state index contributed by atoms with van der Waals surface area (Å²) in [5.41, 5.74) is 2.50. The number of nitrogens with zero attached hydrogens (tertiary/aromatic N) is 1. The molecule has 0 unspecified atom stereocenters. The van der Waals surface area contributed by atoms with Crippen LogP contribution in [-0.2, 0) is 13.0 Å². The average Bonchev–Trinajstić information content (AvgIpc) is 2.47. The van der Waals surface area contributed by atoms with Crippen LogP contribution in [0.15, 0.2) is 48.8 Å². The van der Waals surface area contributed by atoms with Gasteiger partial charge in [-0.25, -0.2) is 0 Å². The summed E-state index contributed by atoms with van der Waals surface area (Å²) in [5, 5.41) is 3.41. The normalized spacial score (nSPS) is 10.8. The van der Waals surface area contributed by atoms with E-state index in [0.29, 0.717) is 12.6 Å². The van der Waals surface area contributed by atoms with E-state index in [0.717, 1.165) is 18.7 Å². The first-order chi connectivity index (χ1) is 9.74. The van der Waals surface area contributed by atoms with Gasteiger partial charge in [-0.1, -0.05) is 26.0 Å². The van der Waals surface area contributed by atoms with E-state index in [2.05, 4.69) is 36.3 Å². The van der Waals surface area contributed by atoms with Crippen LogP contribution in [0.2, 0.25) is 0 Å². The van der Waals surface area contributed by atoms with Crippen LogP contribution in [0.3, 0.4) is 0 Å². The maximum Gasteiger partial charge on any atom is 0.119 e. The highest BCUT2D eigenvalue weighted by atomic mass is 16.5. The first-order valence-corrected chi connectivity index (χ1v) is 7.08. The zero-order valence-electron chi connectivity index (χ0n) is 12.2. The van der Waals surface area contributed by atoms with Gasteiger partial charge in [0.25, 0.3) is 0 Å². The molecule has 0 amide bonds. The van der Waals surface area contributed by atoms with Gasteiger partial charge in [-0.15, -0.1) is 0 Å². The van der Waals surface area contributed by atoms with Crippen molar-refractivity contribution in [3.63, 3.8) is 0 Å². The van der Waals surface area contributed by atoms with E-state index in [-0.39, 0.29) is 0 Å². The van der Waals surface area contributed by atoms with Crippen molar-refractivity contribution in [3.05, 3.63) is 59.9 Å². The highest BCUT2D eigenvalue weighted by molar-refractivity contribution is 5.28. The summed E-state index contributed by atoms with van der Waals surface area (Å²) in [6.45, 7) is 5.86. The van der Waals surface area contributed by atoms with Crippen molar-refractivity contribution >= 4 is 0 Å². The molecule has 0 atom stereocenters. The smallest absolute Gasteiger partial charge is 0.119 e. The molecule has 2 aromatic rings. The minimum absolute atomic E-state index is 0.492. The molecule has 1 aromatic heterocycles. The zero-order valence-corrected chi connectivity index (χ0v) is 12.2. The molecular weight excluding hydrogens is 248 g/mol. The van der Waals surface area contributed by atoms with Gasteiger partial charge in [-0.2, -0.15) is 0 Å². The number of rotatable bonds is 7. The maximum atomic E-state index is 5.81. The van der Waals surface area contributed by atoms with Gasteiger partial charge >= 0.3 is 0 Å². The van der Waals surface area contributed by atoms with Crippen LogP contribution in [0, 0.1) is 0 Å². The summed E-state index contributed by atoms with van der Waals surface area (Å²) in [6, 6.07) is 12.8. The van der Waals surface area contributed by atoms with Crippen LogP contribution < -0.4 is 10.1 Å². The molecule has 1 aromatic carbocycles. The third-order valence-corrected chi connectivity index (χ3v) is 3.02. The van der Waals surface area contributed by atoms with Crippen molar-refractivity contribution in [2.45, 2.75) is 32.9 Å². The van der Waals surface area contributed by atoms with Crippen LogP contribution in [0.5, 0.6) is 5.75 Å². The van der Waals surface area contributed by atoms with E-state index >= 15 is 0 Å². The fourth-order valence-electron chi connectivity index (χ4n) is 1.90. The quantitative estimate of drug-likeness (QED) is 0.839. The number of nitrogens with one attached hydrogen (secondary N) is 1. The van der Waals surface area contributed by atoms with Gasteiger partial charge < -0.3 is 10.1 Å². The summed E-state index contributed by atoms with van der Waals surface area (Å²) >= 11 is 0. The molecule has 3 heteroatoms. The Balaban J connectivity index is 1.82. The third-order valence-electron chi connectivity index (χ3n) is 3.02. The monoisotopic (exact) mass is 270 g/mol. The van der Waals surface area contributed by atoms with E-state index in [1.54, 1.807) is 0 Å². The van der Waals surface area contributed by atoms with Crippen molar-refractivity contribution in [1.29, 1.82) is 0 Å². The minimum atomic E-state index is 0.492. The molecule has 0 aliphatic heterocycles. The lowest BCUT2D eigenvalue weighted by Gasteiger charge is -2.10. The van der Waals surface area contributed by atoms with Crippen LogP contribution >= 0.6 is 0 Å². The fourth-order valence-corrected chi connectivity index (χ4v) is 1.90. The predicted octanol–water partition coefficient (Wildman–Crippen LogP) is 3.20. The topological polar surface area (TPSA) is 34.1 Å². The van der Waals surface area contributed by atoms with E-state index in [1.807, 2.05) is 36.7 Å². The summed E-state index contributed by atoms with van der Waals surface area (Å²) in [5.74, 6) is 0.933. The Morgan fingerprint density at radius 1 is 1.10 bits per heavy atom. The Morgan fingerprint density at radius 2 is 1.90 bits per heavy atom. The van der Waals surface area contributed by atoms with Gasteiger partial charge in [0.1, 0.15) is 5.75 Å². The molecule has 0 saturated carbocycles. The largest absolute Gasteiger partial charge is 0.493 e. The second kappa shape index (κ2) is 7.65. The highest BCUT2D eigenvalue weighted by Crippen LogP contribution is 2.14. The second-order valence-electron chi connectivity index (χ2n) is 5.14. The number of hydrogen-bond donors (Lipinski definition) is 1. The molecule has 20 heavy (non-hydrogen) atoms. The third kappa shape index (κ3) is 5.02. The van der Waals surface area contributed by atoms with Crippen molar-refractivity contribution in [2.24, 2.45) is 0 Å². The van der Waals surface area contributed by atoms with Gasteiger partial charge in [0, 0.05) is 31.4 Å². The molecule has 0 saturated heterocycles. The number of hydrogen-bond acceptors (Lipinski definition) is 3. The average molecular weight is 270 g/mol. The van der Waals surface area contributed by atoms with Crippen LogP contribution in [0.4, 0.5) is 0 Å². The molecule has 0 radical (unpaired) electrons. The Kier molecular flexibility index (Phi) is 5.56. The van der Waals surface area contributed by atoms with E-state index in [4.69, 9.17) is 4.74 Å². The van der Waals surface area contributed by atoms with E-state index in [1.165, 1.54) is 11.1 Å². The predicted molar refractivity (Wildman–Crippen MR) is 81.9 cm³/mol. The Labute approximate surface area is 121 Å². The molecular formula is C17H22N2O. The lowest BCUT2D eigenvalue weighted by atomic mass is 10.2. The van der Waals surface area contributed by atoms with Crippen molar-refractivity contribution in [3.8, 4) is 5.75 Å². The SMILES string of the molecule is CC(C)NCc1cccc(OCCc2ccncc2)c1. The number of pyridine rings is 1. The number of benzene rings is 1. The van der Waals surface area contributed by atoms with Gasteiger partial charge in [0.05, 0.1) is 6.61 Å². The Hall–Kier alpha value is -1.87. The summed E-state index contributed by atoms with van der Waals surface area (Å²) in [4.78, 5) is 4.01. The minimum Gasteiger partial charge on any atom is -0.493 e.